The van der Waals surface area contributed by atoms with Gasteiger partial charge in [0.25, 0.3) is 0 Å². The summed E-state index contributed by atoms with van der Waals surface area (Å²) in [5, 5.41) is 0.404. The first kappa shape index (κ1) is 20.3. The maximum absolute atomic E-state index is 13.7. The zero-order chi connectivity index (χ0) is 18.8. The lowest BCUT2D eigenvalue weighted by Crippen LogP contribution is -2.11. The van der Waals surface area contributed by atoms with Crippen molar-refractivity contribution in [3.8, 4) is 5.75 Å². The summed E-state index contributed by atoms with van der Waals surface area (Å²) in [5.74, 6) is 0.964. The monoisotopic (exact) mass is 384 g/mol. The molecule has 0 N–H and O–H groups in total. The standard InChI is InChI=1S/C18H21FO6S/c1-2-16(20)24-9-11-26-10-8-22-6-7-23-15-12-17(21)25-18-13(15)4-3-5-14(18)19/h3-5,12H,2,6-11H2,1H3. The minimum Gasteiger partial charge on any atom is -0.490 e. The quantitative estimate of drug-likeness (QED) is 0.335. The molecule has 0 spiro atoms. The molecule has 0 fully saturated rings. The third-order valence-corrected chi connectivity index (χ3v) is 4.23. The molecule has 1 heterocycles. The molecule has 0 radical (unpaired) electrons. The van der Waals surface area contributed by atoms with Crippen LogP contribution in [0.5, 0.6) is 5.75 Å². The van der Waals surface area contributed by atoms with E-state index >= 15 is 0 Å². The molecule has 0 aliphatic rings. The summed E-state index contributed by atoms with van der Waals surface area (Å²) in [4.78, 5) is 22.4. The predicted octanol–water partition coefficient (Wildman–Crippen LogP) is 3.01. The van der Waals surface area contributed by atoms with Gasteiger partial charge in [-0.3, -0.25) is 4.79 Å². The minimum absolute atomic E-state index is 0.115. The van der Waals surface area contributed by atoms with Gasteiger partial charge in [0, 0.05) is 17.9 Å². The number of hydrogen-bond donors (Lipinski definition) is 0. The average Bonchev–Trinajstić information content (AvgIpc) is 2.63. The SMILES string of the molecule is CCC(=O)OCCSCCOCCOc1cc(=O)oc2c(F)cccc12. The Hall–Kier alpha value is -2.06. The Labute approximate surface area is 154 Å². The van der Waals surface area contributed by atoms with Crippen LogP contribution in [0.1, 0.15) is 13.3 Å². The minimum atomic E-state index is -0.668. The van der Waals surface area contributed by atoms with Crippen molar-refractivity contribution in [1.82, 2.24) is 0 Å². The average molecular weight is 384 g/mol. The molecule has 0 aliphatic heterocycles. The molecule has 142 valence electrons. The zero-order valence-corrected chi connectivity index (χ0v) is 15.3. The van der Waals surface area contributed by atoms with Gasteiger partial charge in [0.05, 0.1) is 24.7 Å². The second-order valence-corrected chi connectivity index (χ2v) is 6.42. The molecule has 6 nitrogen and oxygen atoms in total. The van der Waals surface area contributed by atoms with Crippen LogP contribution in [0.2, 0.25) is 0 Å². The van der Waals surface area contributed by atoms with Crippen molar-refractivity contribution in [3.63, 3.8) is 0 Å². The fourth-order valence-electron chi connectivity index (χ4n) is 2.09. The molecule has 0 bridgehead atoms. The number of hydrogen-bond acceptors (Lipinski definition) is 7. The third-order valence-electron chi connectivity index (χ3n) is 3.32. The summed E-state index contributed by atoms with van der Waals surface area (Å²) >= 11 is 1.63. The van der Waals surface area contributed by atoms with Crippen LogP contribution in [0, 0.1) is 5.82 Å². The van der Waals surface area contributed by atoms with E-state index in [9.17, 15) is 14.0 Å². The van der Waals surface area contributed by atoms with Crippen LogP contribution >= 0.6 is 11.8 Å². The Balaban J connectivity index is 1.65. The summed E-state index contributed by atoms with van der Waals surface area (Å²) in [6, 6.07) is 5.56. The highest BCUT2D eigenvalue weighted by molar-refractivity contribution is 7.99. The number of fused-ring (bicyclic) bond motifs is 1. The van der Waals surface area contributed by atoms with Gasteiger partial charge in [-0.25, -0.2) is 9.18 Å². The summed E-state index contributed by atoms with van der Waals surface area (Å²) in [6.45, 7) is 3.26. The Morgan fingerprint density at radius 3 is 2.81 bits per heavy atom. The molecule has 0 unspecified atom stereocenters. The van der Waals surface area contributed by atoms with Crippen molar-refractivity contribution in [1.29, 1.82) is 0 Å². The summed E-state index contributed by atoms with van der Waals surface area (Å²) in [5.41, 5.74) is -0.783. The second-order valence-electron chi connectivity index (χ2n) is 5.19. The maximum atomic E-state index is 13.7. The van der Waals surface area contributed by atoms with E-state index in [0.29, 0.717) is 31.6 Å². The molecule has 26 heavy (non-hydrogen) atoms. The number of carbonyl (C=O) groups excluding carboxylic acids is 1. The molecule has 0 saturated heterocycles. The fourth-order valence-corrected chi connectivity index (χ4v) is 2.73. The van der Waals surface area contributed by atoms with Crippen LogP contribution in [-0.2, 0) is 14.3 Å². The van der Waals surface area contributed by atoms with Crippen LogP contribution in [0.3, 0.4) is 0 Å². The van der Waals surface area contributed by atoms with Gasteiger partial charge >= 0.3 is 11.6 Å². The number of ether oxygens (including phenoxy) is 3. The molecule has 1 aromatic heterocycles. The van der Waals surface area contributed by atoms with Gasteiger partial charge in [-0.1, -0.05) is 13.0 Å². The highest BCUT2D eigenvalue weighted by atomic mass is 32.2. The summed E-state index contributed by atoms with van der Waals surface area (Å²) in [6.07, 6.45) is 0.388. The molecule has 1 aromatic carbocycles. The predicted molar refractivity (Wildman–Crippen MR) is 97.3 cm³/mol. The van der Waals surface area contributed by atoms with Crippen molar-refractivity contribution in [2.24, 2.45) is 0 Å². The Kier molecular flexibility index (Phi) is 8.43. The third kappa shape index (κ3) is 6.34. The first-order valence-corrected chi connectivity index (χ1v) is 9.43. The topological polar surface area (TPSA) is 75.0 Å². The summed E-state index contributed by atoms with van der Waals surface area (Å²) < 4.78 is 34.5. The molecule has 0 atom stereocenters. The number of para-hydroxylation sites is 1. The van der Waals surface area contributed by atoms with Gasteiger partial charge in [-0.05, 0) is 12.1 Å². The molecule has 0 saturated carbocycles. The lowest BCUT2D eigenvalue weighted by Gasteiger charge is -2.09. The van der Waals surface area contributed by atoms with Crippen molar-refractivity contribution in [2.45, 2.75) is 13.3 Å². The Morgan fingerprint density at radius 1 is 1.19 bits per heavy atom. The van der Waals surface area contributed by atoms with E-state index in [4.69, 9.17) is 18.6 Å². The molecule has 2 rings (SSSR count). The molecule has 0 amide bonds. The number of rotatable bonds is 11. The van der Waals surface area contributed by atoms with Gasteiger partial charge in [-0.15, -0.1) is 0 Å². The van der Waals surface area contributed by atoms with Gasteiger partial charge in [0.1, 0.15) is 19.0 Å². The lowest BCUT2D eigenvalue weighted by atomic mass is 10.2. The van der Waals surface area contributed by atoms with Gasteiger partial charge in [0.15, 0.2) is 11.4 Å². The maximum Gasteiger partial charge on any atom is 0.340 e. The van der Waals surface area contributed by atoms with E-state index in [2.05, 4.69) is 0 Å². The van der Waals surface area contributed by atoms with E-state index < -0.39 is 11.4 Å². The molecule has 2 aromatic rings. The van der Waals surface area contributed by atoms with E-state index in [1.807, 2.05) is 0 Å². The smallest absolute Gasteiger partial charge is 0.340 e. The van der Waals surface area contributed by atoms with Gasteiger partial charge < -0.3 is 18.6 Å². The van der Waals surface area contributed by atoms with Crippen LogP contribution in [0.25, 0.3) is 11.0 Å². The highest BCUT2D eigenvalue weighted by Crippen LogP contribution is 2.25. The molecule has 8 heteroatoms. The van der Waals surface area contributed by atoms with Crippen LogP contribution < -0.4 is 10.4 Å². The summed E-state index contributed by atoms with van der Waals surface area (Å²) in [7, 11) is 0. The number of halogens is 1. The zero-order valence-electron chi connectivity index (χ0n) is 14.5. The first-order valence-electron chi connectivity index (χ1n) is 8.28. The molecular weight excluding hydrogens is 363 g/mol. The van der Waals surface area contributed by atoms with Crippen molar-refractivity contribution in [2.75, 3.05) is 37.9 Å². The Bertz CT molecular complexity index is 776. The van der Waals surface area contributed by atoms with Crippen LogP contribution in [0.15, 0.2) is 33.5 Å². The number of carbonyl (C=O) groups is 1. The number of benzene rings is 1. The van der Waals surface area contributed by atoms with E-state index in [0.717, 1.165) is 11.5 Å². The van der Waals surface area contributed by atoms with Crippen molar-refractivity contribution < 1.29 is 27.8 Å². The fraction of sp³-hybridized carbons (Fsp3) is 0.444. The van der Waals surface area contributed by atoms with E-state index in [1.165, 1.54) is 18.2 Å². The lowest BCUT2D eigenvalue weighted by molar-refractivity contribution is -0.142. The molecular formula is C18H21FO6S. The van der Waals surface area contributed by atoms with Gasteiger partial charge in [0.2, 0.25) is 0 Å². The highest BCUT2D eigenvalue weighted by Gasteiger charge is 2.10. The number of thioether (sulfide) groups is 1. The Morgan fingerprint density at radius 2 is 2.00 bits per heavy atom. The largest absolute Gasteiger partial charge is 0.490 e. The van der Waals surface area contributed by atoms with Crippen molar-refractivity contribution in [3.05, 3.63) is 40.5 Å². The van der Waals surface area contributed by atoms with Crippen molar-refractivity contribution >= 4 is 28.7 Å². The van der Waals surface area contributed by atoms with Crippen LogP contribution in [0.4, 0.5) is 4.39 Å². The number of esters is 1. The normalized spacial score (nSPS) is 10.8. The van der Waals surface area contributed by atoms with E-state index in [-0.39, 0.29) is 23.9 Å². The van der Waals surface area contributed by atoms with Gasteiger partial charge in [-0.2, -0.15) is 11.8 Å². The first-order chi connectivity index (χ1) is 12.6. The molecule has 0 aliphatic carbocycles. The second kappa shape index (κ2) is 10.8. The van der Waals surface area contributed by atoms with Crippen LogP contribution in [-0.4, -0.2) is 43.9 Å². The van der Waals surface area contributed by atoms with E-state index in [1.54, 1.807) is 24.8 Å².